The summed E-state index contributed by atoms with van der Waals surface area (Å²) in [5.74, 6) is 0. The number of hydrogen-bond acceptors (Lipinski definition) is 1. The second-order valence-corrected chi connectivity index (χ2v) is 4.17. The fourth-order valence-corrected chi connectivity index (χ4v) is 1.96. The Morgan fingerprint density at radius 2 is 2.17 bits per heavy atom. The van der Waals surface area contributed by atoms with Gasteiger partial charge < -0.3 is 4.42 Å². The zero-order valence-corrected chi connectivity index (χ0v) is 10.9. The first kappa shape index (κ1) is 12.4. The van der Waals surface area contributed by atoms with Gasteiger partial charge in [0.1, 0.15) is 11.0 Å². The molecule has 2 rings (SSSR count). The standard InChI is InChI=1S/C17H18O/c1-4-6-9-14-10-8-12-16-17(14)13(3)15(18-16)11-7-5-2/h5-12H,3-4H2,1-2H3/b7-5-,9-6-,15-11+. The van der Waals surface area contributed by atoms with Crippen LogP contribution >= 0.6 is 0 Å². The van der Waals surface area contributed by atoms with Crippen LogP contribution in [0.2, 0.25) is 0 Å². The largest absolute Gasteiger partial charge is 0.456 e. The van der Waals surface area contributed by atoms with E-state index in [2.05, 4.69) is 31.7 Å². The number of fused-ring (bicyclic) bond motifs is 1. The van der Waals surface area contributed by atoms with Crippen LogP contribution in [0.1, 0.15) is 25.8 Å². The molecule has 18 heavy (non-hydrogen) atoms. The molecule has 0 aliphatic rings. The fraction of sp³-hybridized carbons (Fsp3) is 0.176. The van der Waals surface area contributed by atoms with E-state index in [9.17, 15) is 0 Å². The highest BCUT2D eigenvalue weighted by Crippen LogP contribution is 2.15. The fourth-order valence-electron chi connectivity index (χ4n) is 1.96. The second kappa shape index (κ2) is 5.54. The van der Waals surface area contributed by atoms with Crippen molar-refractivity contribution in [1.29, 1.82) is 0 Å². The molecule has 0 aliphatic carbocycles. The van der Waals surface area contributed by atoms with Gasteiger partial charge in [-0.25, -0.2) is 0 Å². The summed E-state index contributed by atoms with van der Waals surface area (Å²) in [6.07, 6.45) is 11.2. The van der Waals surface area contributed by atoms with Crippen LogP contribution in [0.15, 0.2) is 40.8 Å². The Labute approximate surface area is 107 Å². The number of benzene rings is 1. The molecule has 92 valence electrons. The van der Waals surface area contributed by atoms with E-state index in [-0.39, 0.29) is 0 Å². The Morgan fingerprint density at radius 3 is 2.89 bits per heavy atom. The van der Waals surface area contributed by atoms with Crippen LogP contribution in [-0.4, -0.2) is 0 Å². The molecule has 0 aliphatic heterocycles. The maximum atomic E-state index is 5.82. The zero-order valence-electron chi connectivity index (χ0n) is 10.9. The molecule has 1 aromatic carbocycles. The van der Waals surface area contributed by atoms with Crippen molar-refractivity contribution in [1.82, 2.24) is 0 Å². The minimum absolute atomic E-state index is 0.834. The van der Waals surface area contributed by atoms with Gasteiger partial charge in [-0.05, 0) is 31.1 Å². The van der Waals surface area contributed by atoms with Gasteiger partial charge in [-0.3, -0.25) is 0 Å². The number of hydrogen-bond donors (Lipinski definition) is 0. The van der Waals surface area contributed by atoms with Gasteiger partial charge in [-0.1, -0.05) is 49.9 Å². The van der Waals surface area contributed by atoms with Crippen molar-refractivity contribution in [2.75, 3.05) is 0 Å². The Morgan fingerprint density at radius 1 is 1.33 bits per heavy atom. The average molecular weight is 238 g/mol. The number of rotatable bonds is 3. The van der Waals surface area contributed by atoms with Crippen LogP contribution in [0.4, 0.5) is 0 Å². The number of furan rings is 1. The molecule has 1 heterocycles. The van der Waals surface area contributed by atoms with Crippen LogP contribution in [0.5, 0.6) is 0 Å². The monoisotopic (exact) mass is 238 g/mol. The molecule has 1 heteroatoms. The molecule has 0 fully saturated rings. The Kier molecular flexibility index (Phi) is 3.83. The van der Waals surface area contributed by atoms with E-state index < -0.39 is 0 Å². The number of allylic oxidation sites excluding steroid dienone is 3. The smallest absolute Gasteiger partial charge is 0.136 e. The molecule has 0 amide bonds. The van der Waals surface area contributed by atoms with Gasteiger partial charge in [0, 0.05) is 10.6 Å². The third kappa shape index (κ3) is 2.30. The molecule has 1 nitrogen and oxygen atoms in total. The molecule has 0 spiro atoms. The minimum atomic E-state index is 0.834. The van der Waals surface area contributed by atoms with E-state index in [1.807, 2.05) is 37.3 Å². The minimum Gasteiger partial charge on any atom is -0.456 e. The zero-order chi connectivity index (χ0) is 13.0. The van der Waals surface area contributed by atoms with Crippen LogP contribution < -0.4 is 10.6 Å². The predicted octanol–water partition coefficient (Wildman–Crippen LogP) is 3.62. The van der Waals surface area contributed by atoms with E-state index in [0.717, 1.165) is 28.0 Å². The molecule has 0 saturated carbocycles. The first-order valence-corrected chi connectivity index (χ1v) is 6.28. The Balaban J connectivity index is 2.74. The van der Waals surface area contributed by atoms with E-state index in [1.165, 1.54) is 5.56 Å². The Hall–Kier alpha value is -2.02. The lowest BCUT2D eigenvalue weighted by Gasteiger charge is -1.94. The van der Waals surface area contributed by atoms with Crippen LogP contribution in [0.25, 0.3) is 29.7 Å². The van der Waals surface area contributed by atoms with Gasteiger partial charge in [0.25, 0.3) is 0 Å². The third-order valence-electron chi connectivity index (χ3n) is 2.85. The summed E-state index contributed by atoms with van der Waals surface area (Å²) >= 11 is 0. The van der Waals surface area contributed by atoms with E-state index in [4.69, 9.17) is 4.42 Å². The summed E-state index contributed by atoms with van der Waals surface area (Å²) in [6, 6.07) is 6.10. The molecular weight excluding hydrogens is 220 g/mol. The maximum Gasteiger partial charge on any atom is 0.136 e. The summed E-state index contributed by atoms with van der Waals surface area (Å²) in [5.41, 5.74) is 2.90. The lowest BCUT2D eigenvalue weighted by molar-refractivity contribution is 0.576. The van der Waals surface area contributed by atoms with Gasteiger partial charge in [-0.15, -0.1) is 0 Å². The molecule has 0 radical (unpaired) electrons. The van der Waals surface area contributed by atoms with Gasteiger partial charge in [-0.2, -0.15) is 0 Å². The third-order valence-corrected chi connectivity index (χ3v) is 2.85. The quantitative estimate of drug-likeness (QED) is 0.796. The van der Waals surface area contributed by atoms with E-state index in [0.29, 0.717) is 0 Å². The molecule has 0 saturated heterocycles. The summed E-state index contributed by atoms with van der Waals surface area (Å²) in [7, 11) is 0. The molecule has 2 aromatic rings. The summed E-state index contributed by atoms with van der Waals surface area (Å²) in [5, 5.41) is 2.07. The van der Waals surface area contributed by atoms with Gasteiger partial charge in [0.2, 0.25) is 0 Å². The molecule has 1 aromatic heterocycles. The molecule has 0 atom stereocenters. The second-order valence-electron chi connectivity index (χ2n) is 4.17. The first-order chi connectivity index (χ1) is 8.77. The molecule has 0 bridgehead atoms. The van der Waals surface area contributed by atoms with Crippen LogP contribution in [-0.2, 0) is 0 Å². The van der Waals surface area contributed by atoms with Crippen molar-refractivity contribution >= 4 is 29.7 Å². The van der Waals surface area contributed by atoms with Gasteiger partial charge in [0.15, 0.2) is 0 Å². The predicted molar refractivity (Wildman–Crippen MR) is 79.6 cm³/mol. The highest BCUT2D eigenvalue weighted by Gasteiger charge is 2.04. The van der Waals surface area contributed by atoms with Crippen LogP contribution in [0.3, 0.4) is 0 Å². The van der Waals surface area contributed by atoms with Crippen molar-refractivity contribution in [3.05, 3.63) is 52.6 Å². The SMILES string of the molecule is C=c1/c(=C\C=C/C)oc2cccc(/C=C\CC)c12. The molecule has 0 unspecified atom stereocenters. The van der Waals surface area contributed by atoms with Crippen LogP contribution in [0, 0.1) is 0 Å². The highest BCUT2D eigenvalue weighted by atomic mass is 16.3. The summed E-state index contributed by atoms with van der Waals surface area (Å²) < 4.78 is 5.82. The first-order valence-electron chi connectivity index (χ1n) is 6.28. The highest BCUT2D eigenvalue weighted by molar-refractivity contribution is 5.87. The topological polar surface area (TPSA) is 13.1 Å². The lowest BCUT2D eigenvalue weighted by Crippen LogP contribution is -2.17. The Bertz CT molecular complexity index is 699. The molecular formula is C17H18O. The van der Waals surface area contributed by atoms with Gasteiger partial charge >= 0.3 is 0 Å². The van der Waals surface area contributed by atoms with Crippen molar-refractivity contribution in [2.45, 2.75) is 20.3 Å². The summed E-state index contributed by atoms with van der Waals surface area (Å²) in [4.78, 5) is 0. The van der Waals surface area contributed by atoms with Crippen molar-refractivity contribution in [2.24, 2.45) is 0 Å². The molecule has 0 N–H and O–H groups in total. The lowest BCUT2D eigenvalue weighted by atomic mass is 10.1. The van der Waals surface area contributed by atoms with E-state index >= 15 is 0 Å². The van der Waals surface area contributed by atoms with E-state index in [1.54, 1.807) is 0 Å². The van der Waals surface area contributed by atoms with Gasteiger partial charge in [0.05, 0.1) is 0 Å². The maximum absolute atomic E-state index is 5.82. The van der Waals surface area contributed by atoms with Crippen molar-refractivity contribution in [3.8, 4) is 0 Å². The average Bonchev–Trinajstić information content (AvgIpc) is 2.71. The normalized spacial score (nSPS) is 13.3. The summed E-state index contributed by atoms with van der Waals surface area (Å²) in [6.45, 7) is 8.25. The van der Waals surface area contributed by atoms with Crippen molar-refractivity contribution < 1.29 is 4.42 Å². The van der Waals surface area contributed by atoms with Crippen molar-refractivity contribution in [3.63, 3.8) is 0 Å².